The Kier molecular flexibility index (Phi) is 5.76. The molecule has 1 aromatic carbocycles. The summed E-state index contributed by atoms with van der Waals surface area (Å²) in [6.45, 7) is 2.71. The Morgan fingerprint density at radius 2 is 2.12 bits per heavy atom. The van der Waals surface area contributed by atoms with Crippen LogP contribution in [0.25, 0.3) is 0 Å². The third-order valence-corrected chi connectivity index (χ3v) is 3.90. The van der Waals surface area contributed by atoms with Gasteiger partial charge in [-0.15, -0.1) is 0 Å². The van der Waals surface area contributed by atoms with Crippen LogP contribution in [-0.2, 0) is 10.8 Å². The van der Waals surface area contributed by atoms with Gasteiger partial charge in [-0.05, 0) is 18.6 Å². The van der Waals surface area contributed by atoms with Crippen LogP contribution in [0.1, 0.15) is 18.5 Å². The van der Waals surface area contributed by atoms with Crippen LogP contribution < -0.4 is 5.32 Å². The zero-order chi connectivity index (χ0) is 12.1. The normalized spacial score (nSPS) is 14.8. The highest BCUT2D eigenvalue weighted by atomic mass is 35.5. The lowest BCUT2D eigenvalue weighted by molar-refractivity contribution is 0.597. The van der Waals surface area contributed by atoms with Crippen LogP contribution in [0, 0.1) is 0 Å². The fourth-order valence-corrected chi connectivity index (χ4v) is 2.26. The van der Waals surface area contributed by atoms with Crippen molar-refractivity contribution in [1.82, 2.24) is 5.32 Å². The Morgan fingerprint density at radius 1 is 1.44 bits per heavy atom. The zero-order valence-corrected chi connectivity index (χ0v) is 11.6. The van der Waals surface area contributed by atoms with E-state index < -0.39 is 10.8 Å². The lowest BCUT2D eigenvalue weighted by atomic mass is 10.1. The average Bonchev–Trinajstić information content (AvgIpc) is 2.21. The highest BCUT2D eigenvalue weighted by Crippen LogP contribution is 2.29. The van der Waals surface area contributed by atoms with E-state index in [9.17, 15) is 4.21 Å². The molecule has 0 saturated heterocycles. The fraction of sp³-hybridized carbons (Fsp3) is 0.455. The lowest BCUT2D eigenvalue weighted by Gasteiger charge is -2.15. The Bertz CT molecular complexity index is 384. The highest BCUT2D eigenvalue weighted by Gasteiger charge is 2.10. The summed E-state index contributed by atoms with van der Waals surface area (Å²) in [4.78, 5) is 0. The summed E-state index contributed by atoms with van der Waals surface area (Å²) in [6.07, 6.45) is 1.69. The van der Waals surface area contributed by atoms with Gasteiger partial charge in [-0.1, -0.05) is 35.3 Å². The average molecular weight is 280 g/mol. The summed E-state index contributed by atoms with van der Waals surface area (Å²) in [7, 11) is -0.770. The van der Waals surface area contributed by atoms with E-state index in [2.05, 4.69) is 5.32 Å². The quantitative estimate of drug-likeness (QED) is 0.898. The Hall–Kier alpha value is -0.0900. The molecular formula is C11H15Cl2NOS. The lowest BCUT2D eigenvalue weighted by Crippen LogP contribution is -2.23. The molecule has 1 aromatic rings. The predicted molar refractivity (Wildman–Crippen MR) is 71.8 cm³/mol. The van der Waals surface area contributed by atoms with Gasteiger partial charge >= 0.3 is 0 Å². The molecule has 0 spiro atoms. The van der Waals surface area contributed by atoms with Gasteiger partial charge < -0.3 is 5.32 Å². The van der Waals surface area contributed by atoms with Crippen molar-refractivity contribution in [2.45, 2.75) is 13.0 Å². The van der Waals surface area contributed by atoms with E-state index in [1.165, 1.54) is 0 Å². The molecule has 0 amide bonds. The van der Waals surface area contributed by atoms with E-state index in [0.29, 0.717) is 22.3 Å². The van der Waals surface area contributed by atoms with Gasteiger partial charge in [0.25, 0.3) is 0 Å². The smallest absolute Gasteiger partial charge is 0.0639 e. The molecule has 90 valence electrons. The molecule has 0 aliphatic rings. The molecule has 0 saturated carbocycles. The molecule has 2 unspecified atom stereocenters. The van der Waals surface area contributed by atoms with Crippen molar-refractivity contribution in [2.24, 2.45) is 0 Å². The van der Waals surface area contributed by atoms with Crippen LogP contribution in [0.2, 0.25) is 10.0 Å². The first kappa shape index (κ1) is 14.0. The molecule has 0 heterocycles. The SMILES string of the molecule is CC(NCCS(C)=O)c1cccc(Cl)c1Cl. The molecule has 1 rings (SSSR count). The Labute approximate surface area is 109 Å². The van der Waals surface area contributed by atoms with E-state index in [1.807, 2.05) is 19.1 Å². The maximum absolute atomic E-state index is 10.9. The van der Waals surface area contributed by atoms with Gasteiger partial charge in [0, 0.05) is 35.4 Å². The number of halogens is 2. The first-order chi connectivity index (χ1) is 7.52. The number of nitrogens with one attached hydrogen (secondary N) is 1. The molecule has 0 aliphatic heterocycles. The molecule has 0 aliphatic carbocycles. The highest BCUT2D eigenvalue weighted by molar-refractivity contribution is 7.84. The third-order valence-electron chi connectivity index (χ3n) is 2.29. The number of benzene rings is 1. The van der Waals surface area contributed by atoms with Gasteiger partial charge in [0.2, 0.25) is 0 Å². The molecule has 1 N–H and O–H groups in total. The standard InChI is InChI=1S/C11H15Cl2NOS/c1-8(14-6-7-16(2)15)9-4-3-5-10(12)11(9)13/h3-5,8,14H,6-7H2,1-2H3. The number of hydrogen-bond donors (Lipinski definition) is 1. The van der Waals surface area contributed by atoms with Crippen LogP contribution in [0.15, 0.2) is 18.2 Å². The first-order valence-electron chi connectivity index (χ1n) is 4.99. The Balaban J connectivity index is 2.62. The molecular weight excluding hydrogens is 265 g/mol. The van der Waals surface area contributed by atoms with Gasteiger partial charge in [-0.25, -0.2) is 0 Å². The minimum atomic E-state index is -0.770. The van der Waals surface area contributed by atoms with Crippen molar-refractivity contribution in [3.05, 3.63) is 33.8 Å². The van der Waals surface area contributed by atoms with Gasteiger partial charge in [0.15, 0.2) is 0 Å². The second-order valence-electron chi connectivity index (χ2n) is 3.60. The van der Waals surface area contributed by atoms with E-state index in [0.717, 1.165) is 5.56 Å². The summed E-state index contributed by atoms with van der Waals surface area (Å²) in [6, 6.07) is 5.69. The maximum atomic E-state index is 10.9. The summed E-state index contributed by atoms with van der Waals surface area (Å²) in [5, 5.41) is 4.41. The van der Waals surface area contributed by atoms with Gasteiger partial charge in [0.05, 0.1) is 10.0 Å². The largest absolute Gasteiger partial charge is 0.309 e. The van der Waals surface area contributed by atoms with Crippen molar-refractivity contribution in [3.63, 3.8) is 0 Å². The number of hydrogen-bond acceptors (Lipinski definition) is 2. The topological polar surface area (TPSA) is 29.1 Å². The molecule has 2 atom stereocenters. The summed E-state index contributed by atoms with van der Waals surface area (Å²) in [5.41, 5.74) is 0.969. The Morgan fingerprint density at radius 3 is 2.75 bits per heavy atom. The van der Waals surface area contributed by atoms with Crippen LogP contribution in [0.4, 0.5) is 0 Å². The second-order valence-corrected chi connectivity index (χ2v) is 5.94. The predicted octanol–water partition coefficient (Wildman–Crippen LogP) is 3.02. The zero-order valence-electron chi connectivity index (χ0n) is 9.30. The van der Waals surface area contributed by atoms with Crippen LogP contribution in [0.3, 0.4) is 0 Å². The molecule has 16 heavy (non-hydrogen) atoms. The van der Waals surface area contributed by atoms with Crippen LogP contribution in [-0.4, -0.2) is 22.8 Å². The fourth-order valence-electron chi connectivity index (χ4n) is 1.38. The van der Waals surface area contributed by atoms with Crippen LogP contribution in [0.5, 0.6) is 0 Å². The van der Waals surface area contributed by atoms with E-state index >= 15 is 0 Å². The van der Waals surface area contributed by atoms with Crippen molar-refractivity contribution in [2.75, 3.05) is 18.6 Å². The number of rotatable bonds is 5. The second kappa shape index (κ2) is 6.60. The van der Waals surface area contributed by atoms with E-state index in [4.69, 9.17) is 23.2 Å². The summed E-state index contributed by atoms with van der Waals surface area (Å²) in [5.74, 6) is 0.641. The summed E-state index contributed by atoms with van der Waals surface area (Å²) >= 11 is 12.0. The molecule has 0 aromatic heterocycles. The van der Waals surface area contributed by atoms with Gasteiger partial charge in [-0.3, -0.25) is 4.21 Å². The van der Waals surface area contributed by atoms with Gasteiger partial charge in [-0.2, -0.15) is 0 Å². The van der Waals surface area contributed by atoms with Crippen molar-refractivity contribution >= 4 is 34.0 Å². The van der Waals surface area contributed by atoms with Crippen LogP contribution >= 0.6 is 23.2 Å². The molecule has 0 bridgehead atoms. The third kappa shape index (κ3) is 4.06. The summed E-state index contributed by atoms with van der Waals surface area (Å²) < 4.78 is 10.9. The maximum Gasteiger partial charge on any atom is 0.0639 e. The minimum absolute atomic E-state index is 0.106. The monoisotopic (exact) mass is 279 g/mol. The van der Waals surface area contributed by atoms with E-state index in [1.54, 1.807) is 12.3 Å². The minimum Gasteiger partial charge on any atom is -0.309 e. The molecule has 0 radical (unpaired) electrons. The van der Waals surface area contributed by atoms with Crippen molar-refractivity contribution in [3.8, 4) is 0 Å². The molecule has 0 fully saturated rings. The molecule has 2 nitrogen and oxygen atoms in total. The van der Waals surface area contributed by atoms with E-state index in [-0.39, 0.29) is 6.04 Å². The van der Waals surface area contributed by atoms with Gasteiger partial charge in [0.1, 0.15) is 0 Å². The first-order valence-corrected chi connectivity index (χ1v) is 7.48. The van der Waals surface area contributed by atoms with Crippen molar-refractivity contribution < 1.29 is 4.21 Å². The van der Waals surface area contributed by atoms with Crippen molar-refractivity contribution in [1.29, 1.82) is 0 Å². The molecule has 5 heteroatoms.